The van der Waals surface area contributed by atoms with Crippen LogP contribution in [0.4, 0.5) is 0 Å². The van der Waals surface area contributed by atoms with Gasteiger partial charge in [0.25, 0.3) is 0 Å². The van der Waals surface area contributed by atoms with Crippen molar-refractivity contribution in [1.29, 1.82) is 0 Å². The number of carbonyl (C=O) groups is 2. The molecule has 1 fully saturated rings. The number of halogens is 1. The minimum absolute atomic E-state index is 0.0309. The molecule has 1 atom stereocenters. The molecule has 3 rings (SSSR count). The molecule has 1 aliphatic heterocycles. The largest absolute Gasteiger partial charge is 0.369 e. The lowest BCUT2D eigenvalue weighted by Gasteiger charge is -2.31. The summed E-state index contributed by atoms with van der Waals surface area (Å²) in [6, 6.07) is 7.33. The molecule has 2 amide bonds. The average Bonchev–Trinajstić information content (AvgIpc) is 3.08. The van der Waals surface area contributed by atoms with Crippen molar-refractivity contribution >= 4 is 35.2 Å². The van der Waals surface area contributed by atoms with Crippen molar-refractivity contribution < 1.29 is 9.59 Å². The number of thioether (sulfide) groups is 1. The summed E-state index contributed by atoms with van der Waals surface area (Å²) in [6.45, 7) is 1.06. The van der Waals surface area contributed by atoms with E-state index in [9.17, 15) is 9.59 Å². The number of primary amides is 1. The lowest BCUT2D eigenvalue weighted by molar-refractivity contribution is -0.132. The van der Waals surface area contributed by atoms with Crippen LogP contribution in [-0.4, -0.2) is 50.3 Å². The molecule has 0 spiro atoms. The van der Waals surface area contributed by atoms with Gasteiger partial charge in [-0.1, -0.05) is 29.4 Å². The Bertz CT molecular complexity index is 781. The third kappa shape index (κ3) is 4.32. The van der Waals surface area contributed by atoms with Crippen molar-refractivity contribution in [1.82, 2.24) is 19.7 Å². The first kappa shape index (κ1) is 17.8. The molecule has 2 heterocycles. The zero-order valence-electron chi connectivity index (χ0n) is 13.5. The van der Waals surface area contributed by atoms with Crippen molar-refractivity contribution in [2.24, 2.45) is 11.7 Å². The Morgan fingerprint density at radius 1 is 1.40 bits per heavy atom. The van der Waals surface area contributed by atoms with Crippen LogP contribution in [0, 0.1) is 5.92 Å². The fourth-order valence-electron chi connectivity index (χ4n) is 2.78. The average molecular weight is 380 g/mol. The van der Waals surface area contributed by atoms with Gasteiger partial charge in [0.2, 0.25) is 11.8 Å². The maximum absolute atomic E-state index is 12.4. The Morgan fingerprint density at radius 2 is 2.24 bits per heavy atom. The zero-order valence-corrected chi connectivity index (χ0v) is 15.0. The van der Waals surface area contributed by atoms with Crippen LogP contribution in [0.5, 0.6) is 0 Å². The number of aromatic nitrogens is 3. The quantitative estimate of drug-likeness (QED) is 0.798. The van der Waals surface area contributed by atoms with Gasteiger partial charge >= 0.3 is 0 Å². The van der Waals surface area contributed by atoms with E-state index >= 15 is 0 Å². The van der Waals surface area contributed by atoms with Crippen molar-refractivity contribution in [3.05, 3.63) is 35.6 Å². The number of nitrogens with zero attached hydrogens (tertiary/aromatic N) is 4. The van der Waals surface area contributed by atoms with Crippen molar-refractivity contribution in [3.8, 4) is 5.69 Å². The van der Waals surface area contributed by atoms with E-state index in [0.29, 0.717) is 23.3 Å². The summed E-state index contributed by atoms with van der Waals surface area (Å²) in [4.78, 5) is 25.5. The Kier molecular flexibility index (Phi) is 5.60. The molecule has 132 valence electrons. The highest BCUT2D eigenvalue weighted by Crippen LogP contribution is 2.23. The first-order valence-electron chi connectivity index (χ1n) is 7.90. The molecule has 2 N–H and O–H groups in total. The molecule has 2 aromatic rings. The van der Waals surface area contributed by atoms with E-state index in [2.05, 4.69) is 10.2 Å². The van der Waals surface area contributed by atoms with Crippen LogP contribution in [0.1, 0.15) is 12.8 Å². The van der Waals surface area contributed by atoms with Gasteiger partial charge in [0, 0.05) is 18.1 Å². The minimum atomic E-state index is -0.342. The van der Waals surface area contributed by atoms with Crippen molar-refractivity contribution in [3.63, 3.8) is 0 Å². The van der Waals surface area contributed by atoms with Crippen LogP contribution >= 0.6 is 23.4 Å². The molecule has 25 heavy (non-hydrogen) atoms. The van der Waals surface area contributed by atoms with E-state index in [-0.39, 0.29) is 23.5 Å². The Labute approximate surface area is 154 Å². The highest BCUT2D eigenvalue weighted by molar-refractivity contribution is 7.99. The number of hydrogen-bond acceptors (Lipinski definition) is 5. The number of hydrogen-bond donors (Lipinski definition) is 1. The second-order valence-electron chi connectivity index (χ2n) is 5.83. The summed E-state index contributed by atoms with van der Waals surface area (Å²) in [5.41, 5.74) is 6.20. The standard InChI is InChI=1S/C16H18ClN5O2S/c17-12-4-1-5-13(7-12)22-10-19-20-16(22)25-9-14(23)21-6-2-3-11(8-21)15(18)24/h1,4-5,7,10-11H,2-3,6,8-9H2,(H2,18,24)/t11-/m0/s1. The summed E-state index contributed by atoms with van der Waals surface area (Å²) in [7, 11) is 0. The predicted octanol–water partition coefficient (Wildman–Crippen LogP) is 1.74. The Balaban J connectivity index is 1.63. The molecule has 1 aromatic heterocycles. The molecule has 0 bridgehead atoms. The van der Waals surface area contributed by atoms with Gasteiger partial charge in [0.1, 0.15) is 6.33 Å². The number of piperidine rings is 1. The Morgan fingerprint density at radius 3 is 3.00 bits per heavy atom. The van der Waals surface area contributed by atoms with E-state index in [1.54, 1.807) is 27.9 Å². The highest BCUT2D eigenvalue weighted by atomic mass is 35.5. The lowest BCUT2D eigenvalue weighted by Crippen LogP contribution is -2.44. The molecular formula is C16H18ClN5O2S. The van der Waals surface area contributed by atoms with Crippen molar-refractivity contribution in [2.45, 2.75) is 18.0 Å². The number of amides is 2. The third-order valence-electron chi connectivity index (χ3n) is 4.10. The van der Waals surface area contributed by atoms with Gasteiger partial charge in [-0.05, 0) is 31.0 Å². The number of carbonyl (C=O) groups excluding carboxylic acids is 2. The predicted molar refractivity (Wildman–Crippen MR) is 95.6 cm³/mol. The van der Waals surface area contributed by atoms with Gasteiger partial charge in [0.15, 0.2) is 5.16 Å². The first-order valence-corrected chi connectivity index (χ1v) is 9.27. The molecule has 7 nitrogen and oxygen atoms in total. The molecule has 1 aromatic carbocycles. The van der Waals surface area contributed by atoms with Gasteiger partial charge in [0.05, 0.1) is 17.4 Å². The van der Waals surface area contributed by atoms with Crippen LogP contribution in [-0.2, 0) is 9.59 Å². The van der Waals surface area contributed by atoms with Gasteiger partial charge in [-0.15, -0.1) is 10.2 Å². The molecule has 9 heteroatoms. The molecule has 1 saturated heterocycles. The zero-order chi connectivity index (χ0) is 17.8. The summed E-state index contributed by atoms with van der Waals surface area (Å²) in [5.74, 6) is -0.398. The van der Waals surface area contributed by atoms with Gasteiger partial charge in [-0.3, -0.25) is 14.2 Å². The molecule has 0 unspecified atom stereocenters. The monoisotopic (exact) mass is 379 g/mol. The summed E-state index contributed by atoms with van der Waals surface area (Å²) in [5, 5.41) is 9.21. The maximum atomic E-state index is 12.4. The number of likely N-dealkylation sites (tertiary alicyclic amines) is 1. The normalized spacial score (nSPS) is 17.5. The topological polar surface area (TPSA) is 94.1 Å². The molecule has 0 radical (unpaired) electrons. The van der Waals surface area contributed by atoms with E-state index in [1.165, 1.54) is 11.8 Å². The van der Waals surface area contributed by atoms with Gasteiger partial charge in [-0.25, -0.2) is 0 Å². The SMILES string of the molecule is NC(=O)[C@H]1CCCN(C(=O)CSc2nncn2-c2cccc(Cl)c2)C1. The van der Waals surface area contributed by atoms with Crippen LogP contribution in [0.2, 0.25) is 5.02 Å². The maximum Gasteiger partial charge on any atom is 0.233 e. The molecule has 0 saturated carbocycles. The molecule has 0 aliphatic carbocycles. The number of nitrogens with two attached hydrogens (primary N) is 1. The highest BCUT2D eigenvalue weighted by Gasteiger charge is 2.27. The van der Waals surface area contributed by atoms with Crippen LogP contribution in [0.25, 0.3) is 5.69 Å². The summed E-state index contributed by atoms with van der Waals surface area (Å²) in [6.07, 6.45) is 3.13. The fourth-order valence-corrected chi connectivity index (χ4v) is 3.80. The fraction of sp³-hybridized carbons (Fsp3) is 0.375. The summed E-state index contributed by atoms with van der Waals surface area (Å²) < 4.78 is 1.78. The smallest absolute Gasteiger partial charge is 0.233 e. The van der Waals surface area contributed by atoms with E-state index in [0.717, 1.165) is 18.5 Å². The third-order valence-corrected chi connectivity index (χ3v) is 5.27. The van der Waals surface area contributed by atoms with Crippen LogP contribution in [0.3, 0.4) is 0 Å². The second kappa shape index (κ2) is 7.88. The van der Waals surface area contributed by atoms with E-state index in [4.69, 9.17) is 17.3 Å². The van der Waals surface area contributed by atoms with Crippen LogP contribution in [0.15, 0.2) is 35.7 Å². The second-order valence-corrected chi connectivity index (χ2v) is 7.21. The van der Waals surface area contributed by atoms with E-state index in [1.807, 2.05) is 12.1 Å². The van der Waals surface area contributed by atoms with Gasteiger partial charge < -0.3 is 10.6 Å². The number of benzene rings is 1. The number of rotatable bonds is 5. The first-order chi connectivity index (χ1) is 12.0. The summed E-state index contributed by atoms with van der Waals surface area (Å²) >= 11 is 7.33. The molecular weight excluding hydrogens is 362 g/mol. The molecule has 1 aliphatic rings. The van der Waals surface area contributed by atoms with Crippen molar-refractivity contribution in [2.75, 3.05) is 18.8 Å². The van der Waals surface area contributed by atoms with E-state index < -0.39 is 0 Å². The van der Waals surface area contributed by atoms with Gasteiger partial charge in [-0.2, -0.15) is 0 Å². The van der Waals surface area contributed by atoms with Crippen LogP contribution < -0.4 is 5.73 Å². The minimum Gasteiger partial charge on any atom is -0.369 e. The lowest BCUT2D eigenvalue weighted by atomic mass is 9.97. The Hall–Kier alpha value is -2.06.